The predicted octanol–water partition coefficient (Wildman–Crippen LogP) is 3.56. The van der Waals surface area contributed by atoms with E-state index in [2.05, 4.69) is 16.8 Å². The minimum absolute atomic E-state index is 0.0824. The maximum absolute atomic E-state index is 12.8. The largest absolute Gasteiger partial charge is 0.276 e. The van der Waals surface area contributed by atoms with Gasteiger partial charge in [0.15, 0.2) is 5.16 Å². The molecular formula is C17H17ClN4OS. The highest BCUT2D eigenvalue weighted by Gasteiger charge is 2.23. The lowest BCUT2D eigenvalue weighted by atomic mass is 10.1. The lowest BCUT2D eigenvalue weighted by molar-refractivity contribution is 0.227. The number of nitriles is 1. The number of unbranched alkanes of at least 4 members (excludes halogenated alkanes) is 1. The Kier molecular flexibility index (Phi) is 5.24. The molecule has 0 saturated heterocycles. The topological polar surface area (TPSA) is 61.9 Å². The molecule has 5 nitrogen and oxygen atoms in total. The molecule has 1 aromatic carbocycles. The van der Waals surface area contributed by atoms with Crippen molar-refractivity contribution >= 4 is 23.4 Å². The molecule has 1 aliphatic rings. The molecule has 2 aromatic rings. The van der Waals surface area contributed by atoms with Gasteiger partial charge in [-0.25, -0.2) is 4.98 Å². The first-order chi connectivity index (χ1) is 11.6. The summed E-state index contributed by atoms with van der Waals surface area (Å²) in [5.74, 6) is 0.804. The van der Waals surface area contributed by atoms with E-state index in [0.717, 1.165) is 30.8 Å². The van der Waals surface area contributed by atoms with Gasteiger partial charge >= 0.3 is 0 Å². The zero-order chi connectivity index (χ0) is 17.1. The molecule has 0 bridgehead atoms. The number of benzene rings is 1. The Bertz CT molecular complexity index is 841. The van der Waals surface area contributed by atoms with Crippen LogP contribution in [0.5, 0.6) is 0 Å². The van der Waals surface area contributed by atoms with Crippen LogP contribution in [-0.2, 0) is 6.67 Å². The van der Waals surface area contributed by atoms with Crippen LogP contribution in [0.3, 0.4) is 0 Å². The maximum Gasteiger partial charge on any atom is 0.273 e. The highest BCUT2D eigenvalue weighted by Crippen LogP contribution is 2.27. The summed E-state index contributed by atoms with van der Waals surface area (Å²) in [5, 5.41) is 10.7. The van der Waals surface area contributed by atoms with E-state index in [9.17, 15) is 10.1 Å². The van der Waals surface area contributed by atoms with Gasteiger partial charge in [-0.15, -0.1) is 0 Å². The summed E-state index contributed by atoms with van der Waals surface area (Å²) in [6.45, 7) is 3.57. The van der Waals surface area contributed by atoms with Crippen LogP contribution in [0.15, 0.2) is 34.2 Å². The molecule has 2 heterocycles. The Balaban J connectivity index is 2.03. The van der Waals surface area contributed by atoms with Crippen LogP contribution in [0.4, 0.5) is 0 Å². The Morgan fingerprint density at radius 1 is 1.38 bits per heavy atom. The van der Waals surface area contributed by atoms with Gasteiger partial charge in [0.1, 0.15) is 11.6 Å². The third kappa shape index (κ3) is 3.34. The molecule has 1 aromatic heterocycles. The van der Waals surface area contributed by atoms with Gasteiger partial charge in [-0.2, -0.15) is 5.26 Å². The summed E-state index contributed by atoms with van der Waals surface area (Å²) < 4.78 is 1.60. The molecule has 0 fully saturated rings. The van der Waals surface area contributed by atoms with Crippen molar-refractivity contribution in [1.29, 1.82) is 5.26 Å². The third-order valence-electron chi connectivity index (χ3n) is 3.91. The second-order valence-electron chi connectivity index (χ2n) is 5.63. The lowest BCUT2D eigenvalue weighted by Crippen LogP contribution is -2.39. The monoisotopic (exact) mass is 360 g/mol. The van der Waals surface area contributed by atoms with Gasteiger partial charge in [0.05, 0.1) is 18.2 Å². The quantitative estimate of drug-likeness (QED) is 0.780. The maximum atomic E-state index is 12.8. The molecule has 0 saturated carbocycles. The van der Waals surface area contributed by atoms with Crippen molar-refractivity contribution in [1.82, 2.24) is 14.5 Å². The molecule has 0 radical (unpaired) electrons. The molecule has 1 aliphatic heterocycles. The molecule has 0 unspecified atom stereocenters. The van der Waals surface area contributed by atoms with E-state index in [1.54, 1.807) is 28.8 Å². The normalized spacial score (nSPS) is 14.2. The zero-order valence-electron chi connectivity index (χ0n) is 13.3. The summed E-state index contributed by atoms with van der Waals surface area (Å²) in [4.78, 5) is 19.6. The highest BCUT2D eigenvalue weighted by atomic mass is 35.5. The van der Waals surface area contributed by atoms with E-state index in [1.165, 1.54) is 11.8 Å². The van der Waals surface area contributed by atoms with Crippen LogP contribution in [0.25, 0.3) is 11.3 Å². The van der Waals surface area contributed by atoms with Crippen LogP contribution >= 0.6 is 23.4 Å². The fraction of sp³-hybridized carbons (Fsp3) is 0.353. The van der Waals surface area contributed by atoms with Crippen molar-refractivity contribution in [3.63, 3.8) is 0 Å². The second-order valence-corrected chi connectivity index (χ2v) is 6.98. The van der Waals surface area contributed by atoms with Gasteiger partial charge in [0.25, 0.3) is 5.56 Å². The number of aromatic nitrogens is 2. The van der Waals surface area contributed by atoms with Crippen LogP contribution in [0, 0.1) is 11.3 Å². The number of thioether (sulfide) groups is 1. The minimum atomic E-state index is -0.277. The number of hydrogen-bond donors (Lipinski definition) is 0. The van der Waals surface area contributed by atoms with E-state index >= 15 is 0 Å². The molecular weight excluding hydrogens is 344 g/mol. The smallest absolute Gasteiger partial charge is 0.273 e. The van der Waals surface area contributed by atoms with Gasteiger partial charge in [-0.05, 0) is 18.6 Å². The molecule has 7 heteroatoms. The molecule has 3 rings (SSSR count). The Morgan fingerprint density at radius 3 is 2.79 bits per heavy atom. The lowest BCUT2D eigenvalue weighted by Gasteiger charge is -2.29. The Hall–Kier alpha value is -1.81. The number of hydrogen-bond acceptors (Lipinski definition) is 5. The Labute approximate surface area is 149 Å². The van der Waals surface area contributed by atoms with Gasteiger partial charge in [-0.1, -0.05) is 48.8 Å². The second kappa shape index (κ2) is 7.39. The molecule has 0 amide bonds. The van der Waals surface area contributed by atoms with E-state index in [4.69, 9.17) is 11.6 Å². The van der Waals surface area contributed by atoms with Crippen molar-refractivity contribution in [3.05, 3.63) is 45.2 Å². The summed E-state index contributed by atoms with van der Waals surface area (Å²) in [6.07, 6.45) is 2.20. The fourth-order valence-corrected chi connectivity index (χ4v) is 3.68. The van der Waals surface area contributed by atoms with Gasteiger partial charge in [-0.3, -0.25) is 14.3 Å². The van der Waals surface area contributed by atoms with Crippen molar-refractivity contribution in [2.24, 2.45) is 0 Å². The molecule has 0 N–H and O–H groups in total. The van der Waals surface area contributed by atoms with Crippen LogP contribution in [0.1, 0.15) is 25.3 Å². The first-order valence-electron chi connectivity index (χ1n) is 7.80. The molecule has 0 atom stereocenters. The van der Waals surface area contributed by atoms with E-state index < -0.39 is 0 Å². The van der Waals surface area contributed by atoms with Crippen LogP contribution in [-0.4, -0.2) is 26.9 Å². The van der Waals surface area contributed by atoms with Gasteiger partial charge < -0.3 is 0 Å². The number of fused-ring (bicyclic) bond motifs is 1. The number of halogens is 1. The molecule has 124 valence electrons. The number of nitrogens with zero attached hydrogens (tertiary/aromatic N) is 4. The van der Waals surface area contributed by atoms with Crippen LogP contribution < -0.4 is 5.56 Å². The fourth-order valence-electron chi connectivity index (χ4n) is 2.59. The van der Waals surface area contributed by atoms with Gasteiger partial charge in [0, 0.05) is 17.1 Å². The predicted molar refractivity (Wildman–Crippen MR) is 96.0 cm³/mol. The van der Waals surface area contributed by atoms with E-state index in [-0.39, 0.29) is 11.1 Å². The number of rotatable bonds is 4. The average molecular weight is 361 g/mol. The minimum Gasteiger partial charge on any atom is -0.276 e. The zero-order valence-corrected chi connectivity index (χ0v) is 14.9. The summed E-state index contributed by atoms with van der Waals surface area (Å²) >= 11 is 7.45. The van der Waals surface area contributed by atoms with Crippen LogP contribution in [0.2, 0.25) is 5.02 Å². The highest BCUT2D eigenvalue weighted by molar-refractivity contribution is 7.99. The van der Waals surface area contributed by atoms with Crippen molar-refractivity contribution in [2.45, 2.75) is 31.6 Å². The summed E-state index contributed by atoms with van der Waals surface area (Å²) in [6, 6.07) is 9.06. The van der Waals surface area contributed by atoms with E-state index in [1.807, 2.05) is 6.07 Å². The average Bonchev–Trinajstić information content (AvgIpc) is 2.60. The van der Waals surface area contributed by atoms with Crippen molar-refractivity contribution in [2.75, 3.05) is 12.4 Å². The summed E-state index contributed by atoms with van der Waals surface area (Å²) in [5.41, 5.74) is 0.963. The molecule has 0 spiro atoms. The Morgan fingerprint density at radius 2 is 2.12 bits per heavy atom. The SMILES string of the molecule is CCCCN1CSc2nc(-c3ccc(Cl)cc3)c(C#N)c(=O)n2C1. The third-order valence-corrected chi connectivity index (χ3v) is 5.23. The summed E-state index contributed by atoms with van der Waals surface area (Å²) in [7, 11) is 0. The van der Waals surface area contributed by atoms with Crippen molar-refractivity contribution < 1.29 is 0 Å². The molecule has 0 aliphatic carbocycles. The molecule has 24 heavy (non-hydrogen) atoms. The standard InChI is InChI=1S/C17H17ClN4OS/c1-2-3-8-21-10-22-16(23)14(9-19)15(20-17(22)24-11-21)12-4-6-13(18)7-5-12/h4-7H,2-3,8,10-11H2,1H3. The first-order valence-corrected chi connectivity index (χ1v) is 9.16. The van der Waals surface area contributed by atoms with E-state index in [0.29, 0.717) is 22.5 Å². The van der Waals surface area contributed by atoms with Gasteiger partial charge in [0.2, 0.25) is 0 Å². The van der Waals surface area contributed by atoms with Crippen molar-refractivity contribution in [3.8, 4) is 17.3 Å². The first kappa shape index (κ1) is 17.0.